The van der Waals surface area contributed by atoms with E-state index in [0.29, 0.717) is 6.42 Å². The van der Waals surface area contributed by atoms with E-state index in [-0.39, 0.29) is 11.7 Å². The average molecular weight is 322 g/mol. The number of benzene rings is 2. The van der Waals surface area contributed by atoms with E-state index in [0.717, 1.165) is 42.5 Å². The molecule has 1 aliphatic rings. The summed E-state index contributed by atoms with van der Waals surface area (Å²) in [4.78, 5) is 13.0. The summed E-state index contributed by atoms with van der Waals surface area (Å²) in [7, 11) is 0. The second-order valence-electron chi connectivity index (χ2n) is 6.28. The molecule has 0 heterocycles. The van der Waals surface area contributed by atoms with Gasteiger partial charge in [-0.15, -0.1) is 0 Å². The second-order valence-corrected chi connectivity index (χ2v) is 6.28. The zero-order valence-electron chi connectivity index (χ0n) is 13.4. The molecule has 1 aliphatic carbocycles. The molecule has 0 atom stereocenters. The third kappa shape index (κ3) is 3.16. The summed E-state index contributed by atoms with van der Waals surface area (Å²) in [5.74, 6) is -0.333. The molecule has 1 fully saturated rings. The molecule has 3 nitrogen and oxygen atoms in total. The molecule has 3 rings (SSSR count). The quantitative estimate of drug-likeness (QED) is 0.910. The number of carbonyl (C=O) groups excluding carboxylic acids is 1. The van der Waals surface area contributed by atoms with Crippen LogP contribution >= 0.6 is 0 Å². The van der Waals surface area contributed by atoms with Crippen LogP contribution in [0.3, 0.4) is 0 Å². The molecule has 4 heteroatoms. The van der Waals surface area contributed by atoms with Crippen LogP contribution in [0.25, 0.3) is 0 Å². The van der Waals surface area contributed by atoms with E-state index in [4.69, 9.17) is 5.26 Å². The zero-order chi connectivity index (χ0) is 17.0. The van der Waals surface area contributed by atoms with Gasteiger partial charge in [0.05, 0.1) is 17.9 Å². The van der Waals surface area contributed by atoms with Crippen molar-refractivity contribution in [2.45, 2.75) is 37.5 Å². The summed E-state index contributed by atoms with van der Waals surface area (Å²) >= 11 is 0. The minimum absolute atomic E-state index is 0.0420. The van der Waals surface area contributed by atoms with E-state index in [1.54, 1.807) is 12.1 Å². The predicted molar refractivity (Wildman–Crippen MR) is 90.9 cm³/mol. The van der Waals surface area contributed by atoms with Crippen molar-refractivity contribution in [1.29, 1.82) is 5.26 Å². The minimum atomic E-state index is -0.584. The fourth-order valence-electron chi connectivity index (χ4n) is 3.44. The van der Waals surface area contributed by atoms with E-state index >= 15 is 0 Å². The lowest BCUT2D eigenvalue weighted by atomic mass is 9.78. The van der Waals surface area contributed by atoms with Gasteiger partial charge in [-0.25, -0.2) is 4.39 Å². The molecule has 1 N–H and O–H groups in total. The van der Waals surface area contributed by atoms with Crippen LogP contribution in [0.4, 0.5) is 10.1 Å². The topological polar surface area (TPSA) is 52.9 Å². The van der Waals surface area contributed by atoms with Crippen LogP contribution in [-0.4, -0.2) is 5.91 Å². The van der Waals surface area contributed by atoms with Gasteiger partial charge >= 0.3 is 0 Å². The number of amides is 1. The molecular weight excluding hydrogens is 303 g/mol. The number of nitrogens with zero attached hydrogens (tertiary/aromatic N) is 1. The van der Waals surface area contributed by atoms with Crippen molar-refractivity contribution >= 4 is 11.6 Å². The van der Waals surface area contributed by atoms with Gasteiger partial charge in [-0.2, -0.15) is 5.26 Å². The summed E-state index contributed by atoms with van der Waals surface area (Å²) < 4.78 is 13.2. The van der Waals surface area contributed by atoms with Gasteiger partial charge in [-0.05, 0) is 48.2 Å². The Hall–Kier alpha value is -2.67. The molecule has 2 aromatic carbocycles. The van der Waals surface area contributed by atoms with Crippen LogP contribution in [0.15, 0.2) is 48.5 Å². The molecule has 0 bridgehead atoms. The molecular formula is C20H19FN2O. The van der Waals surface area contributed by atoms with Crippen molar-refractivity contribution in [2.24, 2.45) is 0 Å². The van der Waals surface area contributed by atoms with Gasteiger partial charge in [0.1, 0.15) is 5.82 Å². The number of nitriles is 1. The van der Waals surface area contributed by atoms with Gasteiger partial charge in [-0.3, -0.25) is 4.79 Å². The Morgan fingerprint density at radius 2 is 1.71 bits per heavy atom. The van der Waals surface area contributed by atoms with Crippen LogP contribution < -0.4 is 5.32 Å². The molecule has 24 heavy (non-hydrogen) atoms. The fraction of sp³-hybridized carbons (Fsp3) is 0.300. The minimum Gasteiger partial charge on any atom is -0.325 e. The van der Waals surface area contributed by atoms with Crippen molar-refractivity contribution in [3.8, 4) is 6.07 Å². The molecule has 0 unspecified atom stereocenters. The Morgan fingerprint density at radius 3 is 2.29 bits per heavy atom. The number of nitrogens with one attached hydrogen (secondary N) is 1. The Bertz CT molecular complexity index is 754. The summed E-state index contributed by atoms with van der Waals surface area (Å²) in [6.07, 6.45) is 3.89. The molecule has 2 aromatic rings. The molecule has 1 amide bonds. The lowest BCUT2D eigenvalue weighted by molar-refractivity contribution is -0.121. The number of hydrogen-bond donors (Lipinski definition) is 1. The largest absolute Gasteiger partial charge is 0.325 e. The van der Waals surface area contributed by atoms with Crippen molar-refractivity contribution < 1.29 is 9.18 Å². The van der Waals surface area contributed by atoms with Crippen molar-refractivity contribution in [1.82, 2.24) is 0 Å². The van der Waals surface area contributed by atoms with E-state index in [2.05, 4.69) is 11.4 Å². The Labute approximate surface area is 141 Å². The maximum Gasteiger partial charge on any atom is 0.235 e. The summed E-state index contributed by atoms with van der Waals surface area (Å²) in [6.45, 7) is 0. The van der Waals surface area contributed by atoms with Crippen LogP contribution in [0.1, 0.15) is 36.8 Å². The Morgan fingerprint density at radius 1 is 1.08 bits per heavy atom. The van der Waals surface area contributed by atoms with Gasteiger partial charge in [0, 0.05) is 5.69 Å². The van der Waals surface area contributed by atoms with Gasteiger partial charge in [0.25, 0.3) is 0 Å². The lowest BCUT2D eigenvalue weighted by Crippen LogP contribution is -2.38. The van der Waals surface area contributed by atoms with E-state index in [1.165, 1.54) is 12.1 Å². The first-order valence-electron chi connectivity index (χ1n) is 8.17. The van der Waals surface area contributed by atoms with Gasteiger partial charge < -0.3 is 5.32 Å². The first-order chi connectivity index (χ1) is 11.6. The van der Waals surface area contributed by atoms with Crippen molar-refractivity contribution in [2.75, 3.05) is 5.32 Å². The van der Waals surface area contributed by atoms with Gasteiger partial charge in [0.2, 0.25) is 5.91 Å². The highest BCUT2D eigenvalue weighted by atomic mass is 19.1. The smallest absolute Gasteiger partial charge is 0.235 e. The monoisotopic (exact) mass is 322 g/mol. The van der Waals surface area contributed by atoms with Crippen molar-refractivity contribution in [3.63, 3.8) is 0 Å². The van der Waals surface area contributed by atoms with Crippen molar-refractivity contribution in [3.05, 3.63) is 65.5 Å². The summed E-state index contributed by atoms with van der Waals surface area (Å²) in [6, 6.07) is 15.7. The van der Waals surface area contributed by atoms with Gasteiger partial charge in [0.15, 0.2) is 0 Å². The highest BCUT2D eigenvalue weighted by Gasteiger charge is 2.42. The predicted octanol–water partition coefficient (Wildman–Crippen LogP) is 4.34. The van der Waals surface area contributed by atoms with Crippen LogP contribution in [0, 0.1) is 17.1 Å². The lowest BCUT2D eigenvalue weighted by Gasteiger charge is -2.28. The molecule has 0 spiro atoms. The number of rotatable bonds is 4. The third-order valence-corrected chi connectivity index (χ3v) is 4.78. The SMILES string of the molecule is N#CCc1ccc(NC(=O)C2(c3ccc(F)cc3)CCCC2)cc1. The number of anilines is 1. The number of hydrogen-bond acceptors (Lipinski definition) is 2. The van der Waals surface area contributed by atoms with Gasteiger partial charge in [-0.1, -0.05) is 37.1 Å². The molecule has 0 saturated heterocycles. The molecule has 0 radical (unpaired) electrons. The zero-order valence-corrected chi connectivity index (χ0v) is 13.4. The summed E-state index contributed by atoms with van der Waals surface area (Å²) in [5, 5.41) is 11.7. The maximum atomic E-state index is 13.2. The number of halogens is 1. The first kappa shape index (κ1) is 16.2. The van der Waals surface area contributed by atoms with E-state index < -0.39 is 5.41 Å². The van der Waals surface area contributed by atoms with Crippen LogP contribution in [0.5, 0.6) is 0 Å². The number of carbonyl (C=O) groups is 1. The first-order valence-corrected chi connectivity index (χ1v) is 8.17. The fourth-order valence-corrected chi connectivity index (χ4v) is 3.44. The van der Waals surface area contributed by atoms with Crippen LogP contribution in [-0.2, 0) is 16.6 Å². The molecule has 122 valence electrons. The summed E-state index contributed by atoms with van der Waals surface area (Å²) in [5.41, 5.74) is 1.93. The maximum absolute atomic E-state index is 13.2. The average Bonchev–Trinajstić information content (AvgIpc) is 3.08. The normalized spacial score (nSPS) is 15.7. The molecule has 0 aliphatic heterocycles. The highest BCUT2D eigenvalue weighted by molar-refractivity contribution is 5.99. The standard InChI is InChI=1S/C20H19FN2O/c21-17-7-5-16(6-8-17)20(12-1-2-13-20)19(24)23-18-9-3-15(4-10-18)11-14-22/h3-10H,1-2,11-13H2,(H,23,24). The molecule has 0 aromatic heterocycles. The molecule has 1 saturated carbocycles. The Kier molecular flexibility index (Phi) is 4.61. The third-order valence-electron chi connectivity index (χ3n) is 4.78. The second kappa shape index (κ2) is 6.84. The Balaban J connectivity index is 1.82. The highest BCUT2D eigenvalue weighted by Crippen LogP contribution is 2.42. The van der Waals surface area contributed by atoms with E-state index in [1.807, 2.05) is 24.3 Å². The van der Waals surface area contributed by atoms with Crippen LogP contribution in [0.2, 0.25) is 0 Å². The van der Waals surface area contributed by atoms with E-state index in [9.17, 15) is 9.18 Å².